The maximum Gasteiger partial charge on any atom is 0.197 e. The van der Waals surface area contributed by atoms with Gasteiger partial charge in [0.05, 0.1) is 0 Å². The van der Waals surface area contributed by atoms with E-state index in [0.717, 1.165) is 24.8 Å². The number of aliphatic hydroxyl groups excluding tert-OH is 1. The summed E-state index contributed by atoms with van der Waals surface area (Å²) in [5.74, 6) is 3.90. The first kappa shape index (κ1) is 16.8. The summed E-state index contributed by atoms with van der Waals surface area (Å²) >= 11 is 0. The lowest BCUT2D eigenvalue weighted by atomic mass is 10.2. The molecule has 0 bridgehead atoms. The Hall–Kier alpha value is -1.24. The molecule has 0 saturated carbocycles. The zero-order chi connectivity index (χ0) is 15.0. The molecule has 0 aliphatic rings. The number of unbranched alkanes of at least 4 members (excludes halogenated alkanes) is 2. The summed E-state index contributed by atoms with van der Waals surface area (Å²) in [5, 5.41) is 9.76. The summed E-state index contributed by atoms with van der Waals surface area (Å²) in [7, 11) is -1.33. The molecule has 0 aromatic heterocycles. The van der Waals surface area contributed by atoms with Gasteiger partial charge >= 0.3 is 0 Å². The van der Waals surface area contributed by atoms with E-state index in [-0.39, 0.29) is 0 Å². The molecule has 2 nitrogen and oxygen atoms in total. The van der Waals surface area contributed by atoms with Crippen LogP contribution >= 0.6 is 0 Å². The quantitative estimate of drug-likeness (QED) is 0.368. The van der Waals surface area contributed by atoms with Crippen molar-refractivity contribution in [3.63, 3.8) is 0 Å². The summed E-state index contributed by atoms with van der Waals surface area (Å²) in [6, 6.07) is 7.64. The highest BCUT2D eigenvalue weighted by Gasteiger charge is 2.08. The van der Waals surface area contributed by atoms with E-state index in [1.165, 1.54) is 0 Å². The topological polar surface area (TPSA) is 29.5 Å². The van der Waals surface area contributed by atoms with Crippen molar-refractivity contribution >= 4 is 8.07 Å². The van der Waals surface area contributed by atoms with Crippen molar-refractivity contribution in [3.05, 3.63) is 29.8 Å². The predicted octanol–water partition coefficient (Wildman–Crippen LogP) is 4.19. The van der Waals surface area contributed by atoms with Crippen LogP contribution in [-0.2, 0) is 0 Å². The van der Waals surface area contributed by atoms with Crippen LogP contribution in [0.5, 0.6) is 5.75 Å². The summed E-state index contributed by atoms with van der Waals surface area (Å²) in [5.41, 5.74) is 4.33. The summed E-state index contributed by atoms with van der Waals surface area (Å²) < 4.78 is 5.48. The van der Waals surface area contributed by atoms with Crippen LogP contribution in [0.2, 0.25) is 19.6 Å². The molecule has 1 aromatic rings. The van der Waals surface area contributed by atoms with Gasteiger partial charge in [-0.25, -0.2) is 0 Å². The molecule has 1 unspecified atom stereocenters. The highest BCUT2D eigenvalue weighted by atomic mass is 28.3. The molecule has 1 rings (SSSR count). The van der Waals surface area contributed by atoms with Crippen molar-refractivity contribution in [2.75, 3.05) is 0 Å². The van der Waals surface area contributed by atoms with Crippen molar-refractivity contribution in [2.24, 2.45) is 0 Å². The van der Waals surface area contributed by atoms with E-state index in [1.54, 1.807) is 0 Å². The molecule has 0 amide bonds. The van der Waals surface area contributed by atoms with Crippen LogP contribution in [0.15, 0.2) is 24.3 Å². The number of hydrogen-bond donors (Lipinski definition) is 1. The van der Waals surface area contributed by atoms with Gasteiger partial charge in [0.25, 0.3) is 0 Å². The molecule has 0 aliphatic heterocycles. The van der Waals surface area contributed by atoms with Crippen molar-refractivity contribution < 1.29 is 9.84 Å². The molecular formula is C17H26O2Si. The molecular weight excluding hydrogens is 264 g/mol. The van der Waals surface area contributed by atoms with Crippen LogP contribution in [0, 0.1) is 11.5 Å². The van der Waals surface area contributed by atoms with Gasteiger partial charge < -0.3 is 9.84 Å². The Balaban J connectivity index is 2.51. The van der Waals surface area contributed by atoms with Crippen LogP contribution in [0.4, 0.5) is 0 Å². The molecule has 1 aromatic carbocycles. The minimum atomic E-state index is -1.33. The molecule has 110 valence electrons. The van der Waals surface area contributed by atoms with E-state index in [1.807, 2.05) is 24.3 Å². The van der Waals surface area contributed by atoms with Gasteiger partial charge in [0.2, 0.25) is 0 Å². The van der Waals surface area contributed by atoms with Gasteiger partial charge in [0.1, 0.15) is 13.8 Å². The minimum absolute atomic E-state index is 0.686. The number of aliphatic hydroxyl groups is 1. The number of rotatable bonds is 6. The normalized spacial score (nSPS) is 12.4. The third-order valence-electron chi connectivity index (χ3n) is 2.76. The van der Waals surface area contributed by atoms with Gasteiger partial charge in [-0.3, -0.25) is 0 Å². The third-order valence-corrected chi connectivity index (χ3v) is 3.64. The highest BCUT2D eigenvalue weighted by molar-refractivity contribution is 6.83. The van der Waals surface area contributed by atoms with Crippen LogP contribution in [0.3, 0.4) is 0 Å². The number of ether oxygens (including phenoxy) is 1. The van der Waals surface area contributed by atoms with Crippen LogP contribution in [0.1, 0.15) is 38.2 Å². The fraction of sp³-hybridized carbons (Fsp3) is 0.529. The Bertz CT molecular complexity index is 449. The van der Waals surface area contributed by atoms with Gasteiger partial charge in [-0.05, 0) is 30.7 Å². The molecule has 20 heavy (non-hydrogen) atoms. The lowest BCUT2D eigenvalue weighted by Gasteiger charge is -2.13. The van der Waals surface area contributed by atoms with E-state index in [4.69, 9.17) is 4.74 Å². The standard InChI is InChI=1S/C17H26O2Si/c1-5-6-7-8-17(18)19-16-11-9-15(10-12-16)13-14-20(2,3)4/h9-12,17-18H,5-8H2,1-4H3. The molecule has 1 atom stereocenters. The van der Waals surface area contributed by atoms with Gasteiger partial charge in [-0.2, -0.15) is 0 Å². The Labute approximate surface area is 124 Å². The maximum absolute atomic E-state index is 9.76. The van der Waals surface area contributed by atoms with E-state index < -0.39 is 14.4 Å². The van der Waals surface area contributed by atoms with Gasteiger partial charge in [0, 0.05) is 12.0 Å². The predicted molar refractivity (Wildman–Crippen MR) is 87.4 cm³/mol. The first-order valence-electron chi connectivity index (χ1n) is 7.38. The maximum atomic E-state index is 9.76. The summed E-state index contributed by atoms with van der Waals surface area (Å²) in [6.45, 7) is 8.83. The third kappa shape index (κ3) is 7.37. The van der Waals surface area contributed by atoms with E-state index in [2.05, 4.69) is 38.0 Å². The zero-order valence-electron chi connectivity index (χ0n) is 13.1. The van der Waals surface area contributed by atoms with Crippen LogP contribution in [-0.4, -0.2) is 19.5 Å². The smallest absolute Gasteiger partial charge is 0.197 e. The molecule has 0 heterocycles. The molecule has 3 heteroatoms. The Morgan fingerprint density at radius 2 is 1.80 bits per heavy atom. The summed E-state index contributed by atoms with van der Waals surface area (Å²) in [6.07, 6.45) is 3.26. The van der Waals surface area contributed by atoms with Gasteiger partial charge in [-0.15, -0.1) is 5.54 Å². The lowest BCUT2D eigenvalue weighted by molar-refractivity contribution is -0.0245. The number of benzene rings is 1. The SMILES string of the molecule is CCCCCC(O)Oc1ccc(C#C[Si](C)(C)C)cc1. The number of hydrogen-bond acceptors (Lipinski definition) is 2. The van der Waals surface area contributed by atoms with Crippen molar-refractivity contribution in [1.29, 1.82) is 0 Å². The van der Waals surface area contributed by atoms with Crippen molar-refractivity contribution in [2.45, 2.75) is 58.5 Å². The first-order valence-corrected chi connectivity index (χ1v) is 10.9. The monoisotopic (exact) mass is 290 g/mol. The van der Waals surface area contributed by atoms with Crippen molar-refractivity contribution in [3.8, 4) is 17.2 Å². The average Bonchev–Trinajstić information content (AvgIpc) is 2.37. The Morgan fingerprint density at radius 3 is 2.35 bits per heavy atom. The van der Waals surface area contributed by atoms with Gasteiger partial charge in [0.15, 0.2) is 6.29 Å². The second-order valence-corrected chi connectivity index (χ2v) is 10.8. The summed E-state index contributed by atoms with van der Waals surface area (Å²) in [4.78, 5) is 0. The van der Waals surface area contributed by atoms with Crippen LogP contribution < -0.4 is 4.74 Å². The largest absolute Gasteiger partial charge is 0.465 e. The Morgan fingerprint density at radius 1 is 1.15 bits per heavy atom. The highest BCUT2D eigenvalue weighted by Crippen LogP contribution is 2.15. The lowest BCUT2D eigenvalue weighted by Crippen LogP contribution is -2.16. The van der Waals surface area contributed by atoms with Crippen LogP contribution in [0.25, 0.3) is 0 Å². The molecule has 0 aliphatic carbocycles. The molecule has 0 saturated heterocycles. The second-order valence-electron chi connectivity index (χ2n) is 6.09. The van der Waals surface area contributed by atoms with Crippen molar-refractivity contribution in [1.82, 2.24) is 0 Å². The zero-order valence-corrected chi connectivity index (χ0v) is 14.1. The van der Waals surface area contributed by atoms with E-state index in [9.17, 15) is 5.11 Å². The van der Waals surface area contributed by atoms with E-state index in [0.29, 0.717) is 12.2 Å². The van der Waals surface area contributed by atoms with E-state index >= 15 is 0 Å². The average molecular weight is 290 g/mol. The molecule has 0 spiro atoms. The fourth-order valence-corrected chi connectivity index (χ4v) is 2.18. The first-order chi connectivity index (χ1) is 9.40. The fourth-order valence-electron chi connectivity index (χ4n) is 1.66. The second kappa shape index (κ2) is 8.14. The molecule has 0 fully saturated rings. The Kier molecular flexibility index (Phi) is 6.84. The van der Waals surface area contributed by atoms with Gasteiger partial charge in [-0.1, -0.05) is 45.3 Å². The minimum Gasteiger partial charge on any atom is -0.465 e. The molecule has 1 N–H and O–H groups in total. The molecule has 0 radical (unpaired) electrons.